The summed E-state index contributed by atoms with van der Waals surface area (Å²) in [7, 11) is 7.15. The van der Waals surface area contributed by atoms with Crippen molar-refractivity contribution in [1.29, 1.82) is 0 Å². The van der Waals surface area contributed by atoms with E-state index in [9.17, 15) is 4.79 Å². The van der Waals surface area contributed by atoms with E-state index in [0.717, 1.165) is 15.7 Å². The average molecular weight is 407 g/mol. The number of halogens is 1. The highest BCUT2D eigenvalue weighted by Gasteiger charge is 2.10. The van der Waals surface area contributed by atoms with Crippen molar-refractivity contribution in [3.8, 4) is 11.5 Å². The number of hydrogen-bond donors (Lipinski definition) is 1. The van der Waals surface area contributed by atoms with Gasteiger partial charge in [-0.25, -0.2) is 0 Å². The maximum absolute atomic E-state index is 12.2. The Hall–Kier alpha value is -2.21. The number of rotatable bonds is 7. The zero-order valence-electron chi connectivity index (χ0n) is 14.9. The summed E-state index contributed by atoms with van der Waals surface area (Å²) in [6, 6.07) is 11.3. The first-order valence-corrected chi connectivity index (χ1v) is 8.71. The van der Waals surface area contributed by atoms with Gasteiger partial charge in [-0.05, 0) is 48.4 Å². The van der Waals surface area contributed by atoms with E-state index >= 15 is 0 Å². The minimum atomic E-state index is -0.0816. The van der Waals surface area contributed by atoms with Crippen LogP contribution in [0.2, 0.25) is 0 Å². The summed E-state index contributed by atoms with van der Waals surface area (Å²) in [6.45, 7) is 0.530. The summed E-state index contributed by atoms with van der Waals surface area (Å²) in [5.41, 5.74) is 2.75. The maximum atomic E-state index is 12.2. The summed E-state index contributed by atoms with van der Waals surface area (Å²) in [5.74, 6) is 1.26. The first kappa shape index (κ1) is 19.1. The fourth-order valence-electron chi connectivity index (χ4n) is 2.41. The molecule has 6 heteroatoms. The highest BCUT2D eigenvalue weighted by atomic mass is 79.9. The van der Waals surface area contributed by atoms with Gasteiger partial charge in [0.1, 0.15) is 0 Å². The molecule has 25 heavy (non-hydrogen) atoms. The fraction of sp³-hybridized carbons (Fsp3) is 0.316. The van der Waals surface area contributed by atoms with E-state index in [1.807, 2.05) is 55.4 Å². The zero-order chi connectivity index (χ0) is 18.4. The smallest absolute Gasteiger partial charge is 0.251 e. The Morgan fingerprint density at radius 1 is 1.08 bits per heavy atom. The second-order valence-electron chi connectivity index (χ2n) is 5.75. The van der Waals surface area contributed by atoms with Crippen LogP contribution in [-0.2, 0) is 6.42 Å². The highest BCUT2D eigenvalue weighted by molar-refractivity contribution is 9.10. The van der Waals surface area contributed by atoms with Crippen LogP contribution in [0.4, 0.5) is 5.69 Å². The molecule has 5 nitrogen and oxygen atoms in total. The number of methoxy groups -OCH3 is 2. The van der Waals surface area contributed by atoms with Crippen LogP contribution in [-0.4, -0.2) is 40.8 Å². The number of anilines is 1. The monoisotopic (exact) mass is 406 g/mol. The topological polar surface area (TPSA) is 50.8 Å². The Labute approximate surface area is 157 Å². The molecule has 0 aliphatic rings. The minimum Gasteiger partial charge on any atom is -0.493 e. The third kappa shape index (κ3) is 4.89. The molecular weight excluding hydrogens is 384 g/mol. The van der Waals surface area contributed by atoms with Crippen LogP contribution in [0.15, 0.2) is 40.9 Å². The van der Waals surface area contributed by atoms with Gasteiger partial charge in [0.15, 0.2) is 11.5 Å². The van der Waals surface area contributed by atoms with Crippen molar-refractivity contribution >= 4 is 27.5 Å². The lowest BCUT2D eigenvalue weighted by atomic mass is 10.1. The van der Waals surface area contributed by atoms with E-state index in [2.05, 4.69) is 21.2 Å². The van der Waals surface area contributed by atoms with Gasteiger partial charge in [0.05, 0.1) is 14.2 Å². The third-order valence-electron chi connectivity index (χ3n) is 3.88. The van der Waals surface area contributed by atoms with Gasteiger partial charge < -0.3 is 19.7 Å². The van der Waals surface area contributed by atoms with Crippen LogP contribution in [0.3, 0.4) is 0 Å². The van der Waals surface area contributed by atoms with Crippen molar-refractivity contribution < 1.29 is 14.3 Å². The fourth-order valence-corrected chi connectivity index (χ4v) is 2.93. The molecule has 134 valence electrons. The Kier molecular flexibility index (Phi) is 6.70. The largest absolute Gasteiger partial charge is 0.493 e. The van der Waals surface area contributed by atoms with Gasteiger partial charge in [0.2, 0.25) is 0 Å². The molecular formula is C19H23BrN2O3. The Morgan fingerprint density at radius 2 is 1.68 bits per heavy atom. The van der Waals surface area contributed by atoms with Gasteiger partial charge in [0, 0.05) is 36.4 Å². The molecule has 2 aromatic rings. The Morgan fingerprint density at radius 3 is 2.24 bits per heavy atom. The van der Waals surface area contributed by atoms with E-state index in [4.69, 9.17) is 9.47 Å². The van der Waals surface area contributed by atoms with Crippen LogP contribution in [0.5, 0.6) is 11.5 Å². The van der Waals surface area contributed by atoms with Crippen LogP contribution >= 0.6 is 15.9 Å². The maximum Gasteiger partial charge on any atom is 0.251 e. The lowest BCUT2D eigenvalue weighted by molar-refractivity contribution is 0.0954. The van der Waals surface area contributed by atoms with Gasteiger partial charge in [-0.1, -0.05) is 15.9 Å². The zero-order valence-corrected chi connectivity index (χ0v) is 16.5. The van der Waals surface area contributed by atoms with Crippen molar-refractivity contribution in [2.45, 2.75) is 6.42 Å². The van der Waals surface area contributed by atoms with Crippen molar-refractivity contribution in [2.24, 2.45) is 0 Å². The molecule has 1 N–H and O–H groups in total. The molecule has 0 radical (unpaired) electrons. The second kappa shape index (κ2) is 8.76. The summed E-state index contributed by atoms with van der Waals surface area (Å²) < 4.78 is 11.5. The molecule has 0 atom stereocenters. The Bertz CT molecular complexity index is 730. The normalized spacial score (nSPS) is 10.3. The SMILES string of the molecule is COc1cc(Br)c(CCNC(=O)c2ccc(N(C)C)cc2)cc1OC. The van der Waals surface area contributed by atoms with Crippen molar-refractivity contribution in [3.63, 3.8) is 0 Å². The summed E-state index contributed by atoms with van der Waals surface area (Å²) in [5, 5.41) is 2.94. The van der Waals surface area contributed by atoms with Gasteiger partial charge in [-0.2, -0.15) is 0 Å². The number of hydrogen-bond acceptors (Lipinski definition) is 4. The van der Waals surface area contributed by atoms with Crippen LogP contribution in [0, 0.1) is 0 Å². The lowest BCUT2D eigenvalue weighted by Crippen LogP contribution is -2.25. The molecule has 0 fully saturated rings. The molecule has 0 aliphatic heterocycles. The van der Waals surface area contributed by atoms with Crippen molar-refractivity contribution in [2.75, 3.05) is 39.8 Å². The number of ether oxygens (including phenoxy) is 2. The van der Waals surface area contributed by atoms with E-state index in [1.54, 1.807) is 14.2 Å². The van der Waals surface area contributed by atoms with Gasteiger partial charge >= 0.3 is 0 Å². The third-order valence-corrected chi connectivity index (χ3v) is 4.62. The minimum absolute atomic E-state index is 0.0816. The van der Waals surface area contributed by atoms with Crippen LogP contribution in [0.1, 0.15) is 15.9 Å². The molecule has 1 amide bonds. The second-order valence-corrected chi connectivity index (χ2v) is 6.60. The van der Waals surface area contributed by atoms with E-state index in [-0.39, 0.29) is 5.91 Å². The number of carbonyl (C=O) groups is 1. The van der Waals surface area contributed by atoms with Gasteiger partial charge in [0.25, 0.3) is 5.91 Å². The predicted molar refractivity (Wildman–Crippen MR) is 104 cm³/mol. The summed E-state index contributed by atoms with van der Waals surface area (Å²) >= 11 is 3.53. The van der Waals surface area contributed by atoms with E-state index < -0.39 is 0 Å². The Balaban J connectivity index is 1.97. The first-order valence-electron chi connectivity index (χ1n) is 7.92. The lowest BCUT2D eigenvalue weighted by Gasteiger charge is -2.13. The molecule has 0 unspecified atom stereocenters. The highest BCUT2D eigenvalue weighted by Crippen LogP contribution is 2.33. The standard InChI is InChI=1S/C19H23BrN2O3/c1-22(2)15-7-5-13(6-8-15)19(23)21-10-9-14-11-17(24-3)18(25-4)12-16(14)20/h5-8,11-12H,9-10H2,1-4H3,(H,21,23). The predicted octanol–water partition coefficient (Wildman–Crippen LogP) is 3.50. The molecule has 0 heterocycles. The van der Waals surface area contributed by atoms with Gasteiger partial charge in [-0.3, -0.25) is 4.79 Å². The summed E-state index contributed by atoms with van der Waals surface area (Å²) in [4.78, 5) is 14.2. The number of nitrogens with one attached hydrogen (secondary N) is 1. The number of amides is 1. The van der Waals surface area contributed by atoms with E-state index in [1.165, 1.54) is 0 Å². The molecule has 0 bridgehead atoms. The number of carbonyl (C=O) groups excluding carboxylic acids is 1. The molecule has 0 aliphatic carbocycles. The average Bonchev–Trinajstić information content (AvgIpc) is 2.62. The van der Waals surface area contributed by atoms with Gasteiger partial charge in [-0.15, -0.1) is 0 Å². The first-order chi connectivity index (χ1) is 12.0. The van der Waals surface area contributed by atoms with Crippen molar-refractivity contribution in [1.82, 2.24) is 5.32 Å². The number of benzene rings is 2. The summed E-state index contributed by atoms with van der Waals surface area (Å²) in [6.07, 6.45) is 0.683. The molecule has 2 aromatic carbocycles. The molecule has 2 rings (SSSR count). The molecule has 0 saturated carbocycles. The molecule has 0 aromatic heterocycles. The molecule has 0 saturated heterocycles. The van der Waals surface area contributed by atoms with Crippen molar-refractivity contribution in [3.05, 3.63) is 52.0 Å². The quantitative estimate of drug-likeness (QED) is 0.764. The van der Waals surface area contributed by atoms with E-state index in [0.29, 0.717) is 30.0 Å². The van der Waals surface area contributed by atoms with Crippen LogP contribution in [0.25, 0.3) is 0 Å². The molecule has 0 spiro atoms. The number of nitrogens with zero attached hydrogens (tertiary/aromatic N) is 1. The van der Waals surface area contributed by atoms with Crippen LogP contribution < -0.4 is 19.7 Å².